The van der Waals surface area contributed by atoms with Crippen molar-refractivity contribution in [1.82, 2.24) is 4.98 Å². The number of phenols is 1. The van der Waals surface area contributed by atoms with Gasteiger partial charge in [-0.2, -0.15) is 0 Å². The molecule has 2 rings (SSSR count). The second-order valence-electron chi connectivity index (χ2n) is 5.20. The number of rotatable bonds is 1. The van der Waals surface area contributed by atoms with Crippen LogP contribution in [0.2, 0.25) is 0 Å². The molecule has 0 saturated heterocycles. The van der Waals surface area contributed by atoms with Gasteiger partial charge in [0.05, 0.1) is 5.69 Å². The van der Waals surface area contributed by atoms with Crippen molar-refractivity contribution in [3.8, 4) is 17.0 Å². The molecule has 0 fully saturated rings. The summed E-state index contributed by atoms with van der Waals surface area (Å²) >= 11 is 0. The van der Waals surface area contributed by atoms with Gasteiger partial charge in [0.2, 0.25) is 0 Å². The minimum Gasteiger partial charge on any atom is -0.508 e. The number of hydrogen-bond acceptors (Lipinski definition) is 2. The molecule has 2 aromatic rings. The molecule has 0 spiro atoms. The second-order valence-corrected chi connectivity index (χ2v) is 5.20. The predicted molar refractivity (Wildman–Crippen MR) is 70.0 cm³/mol. The molecule has 0 aliphatic heterocycles. The van der Waals surface area contributed by atoms with Gasteiger partial charge in [0, 0.05) is 11.8 Å². The maximum Gasteiger partial charge on any atom is 0.115 e. The smallest absolute Gasteiger partial charge is 0.115 e. The summed E-state index contributed by atoms with van der Waals surface area (Å²) in [5, 5.41) is 9.31. The van der Waals surface area contributed by atoms with Crippen LogP contribution in [-0.4, -0.2) is 10.1 Å². The Morgan fingerprint density at radius 3 is 2.24 bits per heavy atom. The molecule has 0 radical (unpaired) electrons. The van der Waals surface area contributed by atoms with Crippen LogP contribution >= 0.6 is 0 Å². The van der Waals surface area contributed by atoms with E-state index in [1.54, 1.807) is 18.3 Å². The Balaban J connectivity index is 2.56. The average Bonchev–Trinajstić information content (AvgIpc) is 2.29. The van der Waals surface area contributed by atoms with Gasteiger partial charge in [0.25, 0.3) is 0 Å². The highest BCUT2D eigenvalue weighted by molar-refractivity contribution is 5.65. The summed E-state index contributed by atoms with van der Waals surface area (Å²) in [4.78, 5) is 4.46. The molecule has 0 amide bonds. The largest absolute Gasteiger partial charge is 0.508 e. The molecule has 2 nitrogen and oxygen atoms in total. The van der Waals surface area contributed by atoms with Crippen molar-refractivity contribution >= 4 is 0 Å². The van der Waals surface area contributed by atoms with Crippen LogP contribution in [0.5, 0.6) is 5.75 Å². The number of phenolic OH excluding ortho intramolecular Hbond substituents is 1. The fourth-order valence-electron chi connectivity index (χ4n) is 1.86. The lowest BCUT2D eigenvalue weighted by Gasteiger charge is -2.22. The number of hydrogen-bond donors (Lipinski definition) is 1. The van der Waals surface area contributed by atoms with Crippen molar-refractivity contribution in [2.75, 3.05) is 0 Å². The highest BCUT2D eigenvalue weighted by Gasteiger charge is 2.19. The van der Waals surface area contributed by atoms with E-state index in [0.29, 0.717) is 0 Å². The van der Waals surface area contributed by atoms with Crippen molar-refractivity contribution in [3.05, 3.63) is 48.2 Å². The molecule has 1 aromatic carbocycles. The number of aromatic hydroxyl groups is 1. The molecule has 0 aliphatic rings. The average molecular weight is 227 g/mol. The Labute approximate surface area is 102 Å². The highest BCUT2D eigenvalue weighted by Crippen LogP contribution is 2.31. The Kier molecular flexibility index (Phi) is 2.88. The monoisotopic (exact) mass is 227 g/mol. The second kappa shape index (κ2) is 4.21. The zero-order valence-electron chi connectivity index (χ0n) is 10.4. The van der Waals surface area contributed by atoms with Crippen LogP contribution < -0.4 is 0 Å². The molecule has 0 unspecified atom stereocenters. The summed E-state index contributed by atoms with van der Waals surface area (Å²) in [6, 6.07) is 11.2. The van der Waals surface area contributed by atoms with Gasteiger partial charge in [-0.3, -0.25) is 4.98 Å². The lowest BCUT2D eigenvalue weighted by molar-refractivity contribution is 0.475. The number of aromatic nitrogens is 1. The molecule has 1 aromatic heterocycles. The fourth-order valence-corrected chi connectivity index (χ4v) is 1.86. The molecule has 1 heterocycles. The number of nitrogens with zero attached hydrogens (tertiary/aromatic N) is 1. The van der Waals surface area contributed by atoms with Crippen LogP contribution in [0.25, 0.3) is 11.3 Å². The normalized spacial score (nSPS) is 11.5. The van der Waals surface area contributed by atoms with Crippen molar-refractivity contribution in [1.29, 1.82) is 0 Å². The summed E-state index contributed by atoms with van der Waals surface area (Å²) in [5.41, 5.74) is 3.29. The first-order valence-corrected chi connectivity index (χ1v) is 5.73. The van der Waals surface area contributed by atoms with E-state index in [1.165, 1.54) is 5.56 Å². The molecular formula is C15H17NO. The molecule has 17 heavy (non-hydrogen) atoms. The molecular weight excluding hydrogens is 210 g/mol. The Bertz CT molecular complexity index is 509. The van der Waals surface area contributed by atoms with Gasteiger partial charge in [-0.05, 0) is 41.3 Å². The number of benzene rings is 1. The predicted octanol–water partition coefficient (Wildman–Crippen LogP) is 3.75. The maximum absolute atomic E-state index is 9.31. The van der Waals surface area contributed by atoms with E-state index in [2.05, 4.69) is 31.8 Å². The molecule has 0 atom stereocenters. The standard InChI is InChI=1S/C15H17NO/c1-15(2,3)13-5-4-10-16-14(13)11-6-8-12(17)9-7-11/h4-10,17H,1-3H3. The Morgan fingerprint density at radius 1 is 1.00 bits per heavy atom. The SMILES string of the molecule is CC(C)(C)c1cccnc1-c1ccc(O)cc1. The quantitative estimate of drug-likeness (QED) is 0.804. The topological polar surface area (TPSA) is 33.1 Å². The summed E-state index contributed by atoms with van der Waals surface area (Å²) in [7, 11) is 0. The van der Waals surface area contributed by atoms with E-state index < -0.39 is 0 Å². The summed E-state index contributed by atoms with van der Waals surface area (Å²) in [5.74, 6) is 0.280. The van der Waals surface area contributed by atoms with Crippen LogP contribution in [0.1, 0.15) is 26.3 Å². The van der Waals surface area contributed by atoms with Gasteiger partial charge in [0.1, 0.15) is 5.75 Å². The first kappa shape index (κ1) is 11.6. The van der Waals surface area contributed by atoms with E-state index in [4.69, 9.17) is 0 Å². The first-order valence-electron chi connectivity index (χ1n) is 5.73. The van der Waals surface area contributed by atoms with Crippen LogP contribution in [0.3, 0.4) is 0 Å². The van der Waals surface area contributed by atoms with Crippen LogP contribution in [-0.2, 0) is 5.41 Å². The van der Waals surface area contributed by atoms with Gasteiger partial charge < -0.3 is 5.11 Å². The molecule has 0 saturated carbocycles. The third-order valence-corrected chi connectivity index (χ3v) is 2.76. The fraction of sp³-hybridized carbons (Fsp3) is 0.267. The summed E-state index contributed by atoms with van der Waals surface area (Å²) in [6.45, 7) is 6.52. The Hall–Kier alpha value is -1.83. The molecule has 0 bridgehead atoms. The first-order chi connectivity index (χ1) is 7.98. The van der Waals surface area contributed by atoms with Crippen molar-refractivity contribution in [2.24, 2.45) is 0 Å². The zero-order valence-corrected chi connectivity index (χ0v) is 10.4. The molecule has 2 heteroatoms. The van der Waals surface area contributed by atoms with Gasteiger partial charge in [-0.1, -0.05) is 26.8 Å². The van der Waals surface area contributed by atoms with Crippen molar-refractivity contribution in [2.45, 2.75) is 26.2 Å². The van der Waals surface area contributed by atoms with Gasteiger partial charge in [0.15, 0.2) is 0 Å². The van der Waals surface area contributed by atoms with Crippen LogP contribution in [0, 0.1) is 0 Å². The molecule has 1 N–H and O–H groups in total. The van der Waals surface area contributed by atoms with Crippen molar-refractivity contribution in [3.63, 3.8) is 0 Å². The van der Waals surface area contributed by atoms with E-state index in [9.17, 15) is 5.11 Å². The van der Waals surface area contributed by atoms with Gasteiger partial charge >= 0.3 is 0 Å². The summed E-state index contributed by atoms with van der Waals surface area (Å²) < 4.78 is 0. The highest BCUT2D eigenvalue weighted by atomic mass is 16.3. The zero-order chi connectivity index (χ0) is 12.5. The third kappa shape index (κ3) is 2.47. The van der Waals surface area contributed by atoms with Crippen molar-refractivity contribution < 1.29 is 5.11 Å². The van der Waals surface area contributed by atoms with Crippen LogP contribution in [0.15, 0.2) is 42.6 Å². The van der Waals surface area contributed by atoms with Gasteiger partial charge in [-0.15, -0.1) is 0 Å². The lowest BCUT2D eigenvalue weighted by atomic mass is 9.84. The minimum absolute atomic E-state index is 0.0570. The lowest BCUT2D eigenvalue weighted by Crippen LogP contribution is -2.13. The third-order valence-electron chi connectivity index (χ3n) is 2.76. The molecule has 0 aliphatic carbocycles. The molecule has 88 valence electrons. The van der Waals surface area contributed by atoms with E-state index in [-0.39, 0.29) is 11.2 Å². The van der Waals surface area contributed by atoms with E-state index in [1.807, 2.05) is 18.2 Å². The minimum atomic E-state index is 0.0570. The van der Waals surface area contributed by atoms with Crippen LogP contribution in [0.4, 0.5) is 0 Å². The van der Waals surface area contributed by atoms with E-state index >= 15 is 0 Å². The Morgan fingerprint density at radius 2 is 1.65 bits per heavy atom. The van der Waals surface area contributed by atoms with E-state index in [0.717, 1.165) is 11.3 Å². The van der Waals surface area contributed by atoms with Gasteiger partial charge in [-0.25, -0.2) is 0 Å². The maximum atomic E-state index is 9.31. The summed E-state index contributed by atoms with van der Waals surface area (Å²) in [6.07, 6.45) is 1.80. The number of pyridine rings is 1.